The first-order valence-corrected chi connectivity index (χ1v) is 8.00. The van der Waals surface area contributed by atoms with Gasteiger partial charge in [0.1, 0.15) is 0 Å². The van der Waals surface area contributed by atoms with Crippen LogP contribution in [0.5, 0.6) is 0 Å². The quantitative estimate of drug-likeness (QED) is 0.756. The fourth-order valence-corrected chi connectivity index (χ4v) is 3.15. The lowest BCUT2D eigenvalue weighted by Gasteiger charge is -2.15. The summed E-state index contributed by atoms with van der Waals surface area (Å²) >= 11 is 1.87. The molecule has 0 aliphatic carbocycles. The maximum Gasteiger partial charge on any atom is 0.00673 e. The predicted octanol–water partition coefficient (Wildman–Crippen LogP) is 4.29. The smallest absolute Gasteiger partial charge is 0.00673 e. The molecule has 1 aromatic carbocycles. The molecular weight excluding hydrogens is 250 g/mol. The van der Waals surface area contributed by atoms with Gasteiger partial charge in [-0.25, -0.2) is 0 Å². The Balaban J connectivity index is 1.68. The van der Waals surface area contributed by atoms with Crippen molar-refractivity contribution in [2.24, 2.45) is 0 Å². The van der Waals surface area contributed by atoms with Gasteiger partial charge in [-0.2, -0.15) is 0 Å². The standard InChI is InChI=1S/C17H23NS/c1-18-16(9-5-10-17-11-6-14-19-17)13-12-15-7-3-2-4-8-15/h2-4,6-8,11,14,16,18H,5,9-10,12-13H2,1H3. The Kier molecular flexibility index (Phi) is 6.12. The van der Waals surface area contributed by atoms with E-state index in [1.165, 1.54) is 42.5 Å². The fourth-order valence-electron chi connectivity index (χ4n) is 2.40. The van der Waals surface area contributed by atoms with E-state index in [-0.39, 0.29) is 0 Å². The Morgan fingerprint density at radius 3 is 2.53 bits per heavy atom. The second-order valence-corrected chi connectivity index (χ2v) is 6.01. The molecule has 1 unspecified atom stereocenters. The molecule has 1 aromatic heterocycles. The number of benzene rings is 1. The minimum Gasteiger partial charge on any atom is -0.317 e. The van der Waals surface area contributed by atoms with Gasteiger partial charge >= 0.3 is 0 Å². The molecule has 2 heteroatoms. The monoisotopic (exact) mass is 273 g/mol. The van der Waals surface area contributed by atoms with Gasteiger partial charge in [-0.15, -0.1) is 11.3 Å². The van der Waals surface area contributed by atoms with Gasteiger partial charge < -0.3 is 5.32 Å². The maximum atomic E-state index is 3.46. The van der Waals surface area contributed by atoms with Crippen LogP contribution in [-0.4, -0.2) is 13.1 Å². The minimum absolute atomic E-state index is 0.639. The molecule has 0 spiro atoms. The predicted molar refractivity (Wildman–Crippen MR) is 84.9 cm³/mol. The van der Waals surface area contributed by atoms with Crippen LogP contribution in [-0.2, 0) is 12.8 Å². The summed E-state index contributed by atoms with van der Waals surface area (Å²) in [6, 6.07) is 15.8. The normalized spacial score (nSPS) is 12.5. The highest BCUT2D eigenvalue weighted by Gasteiger charge is 2.06. The van der Waals surface area contributed by atoms with E-state index < -0.39 is 0 Å². The van der Waals surface area contributed by atoms with Crippen molar-refractivity contribution in [3.05, 3.63) is 58.3 Å². The molecule has 0 radical (unpaired) electrons. The number of thiophene rings is 1. The van der Waals surface area contributed by atoms with Gasteiger partial charge in [0.15, 0.2) is 0 Å². The highest BCUT2D eigenvalue weighted by molar-refractivity contribution is 7.09. The van der Waals surface area contributed by atoms with E-state index in [9.17, 15) is 0 Å². The second kappa shape index (κ2) is 8.13. The third kappa shape index (κ3) is 5.17. The van der Waals surface area contributed by atoms with E-state index in [2.05, 4.69) is 60.2 Å². The first kappa shape index (κ1) is 14.3. The van der Waals surface area contributed by atoms with Crippen LogP contribution in [0.4, 0.5) is 0 Å². The first-order valence-electron chi connectivity index (χ1n) is 7.12. The topological polar surface area (TPSA) is 12.0 Å². The Labute approximate surface area is 120 Å². The van der Waals surface area contributed by atoms with Crippen LogP contribution in [0.1, 0.15) is 29.7 Å². The van der Waals surface area contributed by atoms with E-state index in [1.54, 1.807) is 0 Å². The zero-order valence-electron chi connectivity index (χ0n) is 11.6. The van der Waals surface area contributed by atoms with E-state index in [1.807, 2.05) is 11.3 Å². The molecule has 2 rings (SSSR count). The Morgan fingerprint density at radius 1 is 1.00 bits per heavy atom. The summed E-state index contributed by atoms with van der Waals surface area (Å²) in [6.07, 6.45) is 6.17. The van der Waals surface area contributed by atoms with Gasteiger partial charge in [0.05, 0.1) is 0 Å². The number of aryl methyl sites for hydroxylation is 2. The average Bonchev–Trinajstić information content (AvgIpc) is 2.97. The molecule has 1 atom stereocenters. The maximum absolute atomic E-state index is 3.46. The van der Waals surface area contributed by atoms with Crippen molar-refractivity contribution in [1.82, 2.24) is 5.32 Å². The summed E-state index contributed by atoms with van der Waals surface area (Å²) in [5.74, 6) is 0. The van der Waals surface area contributed by atoms with E-state index >= 15 is 0 Å². The van der Waals surface area contributed by atoms with Gasteiger partial charge in [-0.1, -0.05) is 36.4 Å². The molecular formula is C17H23NS. The summed E-state index contributed by atoms with van der Waals surface area (Å²) in [7, 11) is 2.08. The third-order valence-electron chi connectivity index (χ3n) is 3.59. The largest absolute Gasteiger partial charge is 0.317 e. The number of nitrogens with one attached hydrogen (secondary N) is 1. The van der Waals surface area contributed by atoms with E-state index in [0.717, 1.165) is 0 Å². The van der Waals surface area contributed by atoms with Crippen LogP contribution in [0, 0.1) is 0 Å². The SMILES string of the molecule is CNC(CCCc1cccs1)CCc1ccccc1. The van der Waals surface area contributed by atoms with Gasteiger partial charge in [-0.3, -0.25) is 0 Å². The summed E-state index contributed by atoms with van der Waals surface area (Å²) in [4.78, 5) is 1.51. The Bertz CT molecular complexity index is 436. The molecule has 19 heavy (non-hydrogen) atoms. The molecule has 1 nitrogen and oxygen atoms in total. The molecule has 0 fully saturated rings. The third-order valence-corrected chi connectivity index (χ3v) is 4.52. The molecule has 0 saturated heterocycles. The van der Waals surface area contributed by atoms with Crippen molar-refractivity contribution in [3.8, 4) is 0 Å². The summed E-state index contributed by atoms with van der Waals surface area (Å²) in [5.41, 5.74) is 1.45. The fraction of sp³-hybridized carbons (Fsp3) is 0.412. The molecule has 2 aromatic rings. The summed E-state index contributed by atoms with van der Waals surface area (Å²) < 4.78 is 0. The van der Waals surface area contributed by atoms with Gasteiger partial charge in [0.25, 0.3) is 0 Å². The molecule has 0 bridgehead atoms. The molecule has 1 N–H and O–H groups in total. The molecule has 102 valence electrons. The number of rotatable bonds is 8. The minimum atomic E-state index is 0.639. The molecule has 0 amide bonds. The lowest BCUT2D eigenvalue weighted by Crippen LogP contribution is -2.25. The highest BCUT2D eigenvalue weighted by atomic mass is 32.1. The van der Waals surface area contributed by atoms with Gasteiger partial charge in [0, 0.05) is 10.9 Å². The van der Waals surface area contributed by atoms with Crippen LogP contribution in [0.3, 0.4) is 0 Å². The van der Waals surface area contributed by atoms with Gasteiger partial charge in [-0.05, 0) is 56.2 Å². The lowest BCUT2D eigenvalue weighted by atomic mass is 10.0. The van der Waals surface area contributed by atoms with E-state index in [0.29, 0.717) is 6.04 Å². The van der Waals surface area contributed by atoms with Crippen LogP contribution in [0.15, 0.2) is 47.8 Å². The molecule has 0 saturated carbocycles. The lowest BCUT2D eigenvalue weighted by molar-refractivity contribution is 0.475. The van der Waals surface area contributed by atoms with Crippen LogP contribution in [0.2, 0.25) is 0 Å². The van der Waals surface area contributed by atoms with Crippen molar-refractivity contribution >= 4 is 11.3 Å². The second-order valence-electron chi connectivity index (χ2n) is 4.98. The Morgan fingerprint density at radius 2 is 1.84 bits per heavy atom. The zero-order chi connectivity index (χ0) is 13.3. The highest BCUT2D eigenvalue weighted by Crippen LogP contribution is 2.14. The van der Waals surface area contributed by atoms with Crippen molar-refractivity contribution in [2.45, 2.75) is 38.1 Å². The van der Waals surface area contributed by atoms with Crippen LogP contribution in [0.25, 0.3) is 0 Å². The average molecular weight is 273 g/mol. The van der Waals surface area contributed by atoms with E-state index in [4.69, 9.17) is 0 Å². The van der Waals surface area contributed by atoms with Crippen LogP contribution >= 0.6 is 11.3 Å². The first-order chi connectivity index (χ1) is 9.38. The number of hydrogen-bond acceptors (Lipinski definition) is 2. The number of hydrogen-bond donors (Lipinski definition) is 1. The molecule has 0 aliphatic heterocycles. The van der Waals surface area contributed by atoms with Crippen molar-refractivity contribution in [2.75, 3.05) is 7.05 Å². The van der Waals surface area contributed by atoms with Crippen molar-refractivity contribution in [3.63, 3.8) is 0 Å². The van der Waals surface area contributed by atoms with Gasteiger partial charge in [0.2, 0.25) is 0 Å². The van der Waals surface area contributed by atoms with Crippen molar-refractivity contribution < 1.29 is 0 Å². The summed E-state index contributed by atoms with van der Waals surface area (Å²) in [6.45, 7) is 0. The summed E-state index contributed by atoms with van der Waals surface area (Å²) in [5, 5.41) is 5.62. The van der Waals surface area contributed by atoms with Crippen LogP contribution < -0.4 is 5.32 Å². The van der Waals surface area contributed by atoms with Crippen molar-refractivity contribution in [1.29, 1.82) is 0 Å². The zero-order valence-corrected chi connectivity index (χ0v) is 12.5. The molecule has 0 aliphatic rings. The molecule has 1 heterocycles. The Hall–Kier alpha value is -1.12.